The largest absolute Gasteiger partial charge is 0.462 e. The van der Waals surface area contributed by atoms with Gasteiger partial charge < -0.3 is 4.74 Å². The number of ether oxygens (including phenoxy) is 1. The molecule has 0 bridgehead atoms. The lowest BCUT2D eigenvalue weighted by Crippen LogP contribution is -2.10. The third-order valence-corrected chi connectivity index (χ3v) is 2.81. The maximum atomic E-state index is 12.1. The molecule has 0 aromatic heterocycles. The number of nitrogens with zero attached hydrogens (tertiary/aromatic N) is 1. The zero-order valence-electron chi connectivity index (χ0n) is 11.5. The van der Waals surface area contributed by atoms with Crippen LogP contribution in [0, 0.1) is 0 Å². The van der Waals surface area contributed by atoms with Gasteiger partial charge >= 0.3 is 5.97 Å². The highest BCUT2D eigenvalue weighted by molar-refractivity contribution is 6.03. The Morgan fingerprint density at radius 1 is 1.19 bits per heavy atom. The Morgan fingerprint density at radius 2 is 1.81 bits per heavy atom. The van der Waals surface area contributed by atoms with Crippen molar-refractivity contribution >= 4 is 11.8 Å². The van der Waals surface area contributed by atoms with E-state index in [4.69, 9.17) is 4.74 Å². The van der Waals surface area contributed by atoms with Gasteiger partial charge in [-0.25, -0.2) is 9.86 Å². The molecule has 0 saturated carbocycles. The molecule has 0 aromatic carbocycles. The number of ketones is 1. The summed E-state index contributed by atoms with van der Waals surface area (Å²) >= 11 is 0. The van der Waals surface area contributed by atoms with Gasteiger partial charge in [0.2, 0.25) is 0 Å². The second-order valence-electron chi connectivity index (χ2n) is 4.31. The summed E-state index contributed by atoms with van der Waals surface area (Å²) in [5, 5.41) is 10.1. The minimum Gasteiger partial charge on any atom is -0.462 e. The Labute approximate surface area is 122 Å². The molecule has 0 amide bonds. The quantitative estimate of drug-likeness (QED) is 0.636. The molecule has 5 nitrogen and oxygen atoms in total. The van der Waals surface area contributed by atoms with Gasteiger partial charge in [-0.05, 0) is 48.5 Å². The van der Waals surface area contributed by atoms with Crippen LogP contribution in [0.15, 0.2) is 71.7 Å². The molecule has 1 aliphatic heterocycles. The van der Waals surface area contributed by atoms with Crippen LogP contribution in [-0.2, 0) is 14.3 Å². The number of allylic oxidation sites excluding steroid dienone is 8. The van der Waals surface area contributed by atoms with Crippen LogP contribution in [0.1, 0.15) is 6.92 Å². The molecule has 0 spiro atoms. The van der Waals surface area contributed by atoms with Crippen molar-refractivity contribution in [3.05, 3.63) is 71.7 Å². The van der Waals surface area contributed by atoms with Crippen LogP contribution in [-0.4, -0.2) is 28.6 Å². The first-order chi connectivity index (χ1) is 10.1. The van der Waals surface area contributed by atoms with Crippen molar-refractivity contribution in [1.29, 1.82) is 0 Å². The topological polar surface area (TPSA) is 66.8 Å². The molecule has 1 heterocycles. The van der Waals surface area contributed by atoms with E-state index in [1.165, 1.54) is 24.6 Å². The van der Waals surface area contributed by atoms with Crippen molar-refractivity contribution in [2.45, 2.75) is 6.92 Å². The molecule has 0 radical (unpaired) electrons. The van der Waals surface area contributed by atoms with E-state index in [2.05, 4.69) is 0 Å². The lowest BCUT2D eigenvalue weighted by Gasteiger charge is -2.12. The van der Waals surface area contributed by atoms with E-state index in [-0.39, 0.29) is 12.4 Å². The van der Waals surface area contributed by atoms with Crippen LogP contribution < -0.4 is 0 Å². The molecule has 5 heteroatoms. The van der Waals surface area contributed by atoms with Crippen LogP contribution in [0.4, 0.5) is 0 Å². The summed E-state index contributed by atoms with van der Waals surface area (Å²) in [6.07, 6.45) is 13.8. The van der Waals surface area contributed by atoms with Crippen molar-refractivity contribution in [2.24, 2.45) is 0 Å². The number of carbonyl (C=O) groups excluding carboxylic acids is 2. The highest BCUT2D eigenvalue weighted by Crippen LogP contribution is 2.19. The molecular formula is C16H15NO4. The molecule has 1 aliphatic carbocycles. The van der Waals surface area contributed by atoms with Gasteiger partial charge in [-0.15, -0.1) is 0 Å². The first-order valence-corrected chi connectivity index (χ1v) is 6.47. The predicted molar refractivity (Wildman–Crippen MR) is 76.9 cm³/mol. The summed E-state index contributed by atoms with van der Waals surface area (Å²) < 4.78 is 5.04. The van der Waals surface area contributed by atoms with Gasteiger partial charge in [0, 0.05) is 12.4 Å². The average Bonchev–Trinajstić information content (AvgIpc) is 2.48. The molecule has 0 unspecified atom stereocenters. The summed E-state index contributed by atoms with van der Waals surface area (Å²) in [7, 11) is 0. The lowest BCUT2D eigenvalue weighted by molar-refractivity contribution is -0.138. The van der Waals surface area contributed by atoms with E-state index in [9.17, 15) is 14.8 Å². The maximum absolute atomic E-state index is 12.1. The average molecular weight is 285 g/mol. The molecular weight excluding hydrogens is 270 g/mol. The van der Waals surface area contributed by atoms with Gasteiger partial charge in [0.25, 0.3) is 0 Å². The Bertz CT molecular complexity index is 599. The van der Waals surface area contributed by atoms with Crippen molar-refractivity contribution in [3.63, 3.8) is 0 Å². The predicted octanol–water partition coefficient (Wildman–Crippen LogP) is 2.20. The second kappa shape index (κ2) is 6.67. The van der Waals surface area contributed by atoms with Crippen LogP contribution in [0.25, 0.3) is 0 Å². The number of hydroxylamine groups is 2. The molecule has 108 valence electrons. The molecule has 0 fully saturated rings. The van der Waals surface area contributed by atoms with Crippen LogP contribution in [0.2, 0.25) is 0 Å². The normalized spacial score (nSPS) is 16.5. The first kappa shape index (κ1) is 14.7. The summed E-state index contributed by atoms with van der Waals surface area (Å²) in [6, 6.07) is 0. The Kier molecular flexibility index (Phi) is 4.68. The third kappa shape index (κ3) is 3.90. The fourth-order valence-corrected chi connectivity index (χ4v) is 1.80. The van der Waals surface area contributed by atoms with E-state index in [0.717, 1.165) is 10.6 Å². The molecule has 1 N–H and O–H groups in total. The standard InChI is InChI=1S/C16H15NO4/c1-2-21-16(19)15(13-3-5-14(18)6-4-13)11-12-7-9-17(20)10-8-12/h3-11,20H,2H2,1H3. The van der Waals surface area contributed by atoms with E-state index in [1.54, 1.807) is 37.3 Å². The molecule has 21 heavy (non-hydrogen) atoms. The lowest BCUT2D eigenvalue weighted by atomic mass is 10.00. The summed E-state index contributed by atoms with van der Waals surface area (Å²) in [4.78, 5) is 23.2. The minimum atomic E-state index is -0.461. The molecule has 0 aromatic rings. The SMILES string of the molecule is CCOC(=O)C(C=C1C=CN(O)C=C1)=C1C=CC(=O)C=C1. The van der Waals surface area contributed by atoms with E-state index in [1.807, 2.05) is 0 Å². The number of esters is 1. The Hall–Kier alpha value is -2.66. The molecule has 0 atom stereocenters. The molecule has 2 aliphatic rings. The van der Waals surface area contributed by atoms with Gasteiger partial charge in [-0.1, -0.05) is 12.2 Å². The zero-order valence-corrected chi connectivity index (χ0v) is 11.5. The van der Waals surface area contributed by atoms with E-state index < -0.39 is 5.97 Å². The monoisotopic (exact) mass is 285 g/mol. The number of hydrogen-bond acceptors (Lipinski definition) is 5. The Balaban J connectivity index is 2.39. The van der Waals surface area contributed by atoms with E-state index >= 15 is 0 Å². The molecule has 2 rings (SSSR count). The Morgan fingerprint density at radius 3 is 2.38 bits per heavy atom. The summed E-state index contributed by atoms with van der Waals surface area (Å²) in [5.41, 5.74) is 1.69. The summed E-state index contributed by atoms with van der Waals surface area (Å²) in [5.74, 6) is -0.583. The minimum absolute atomic E-state index is 0.122. The van der Waals surface area contributed by atoms with Crippen molar-refractivity contribution < 1.29 is 19.5 Å². The van der Waals surface area contributed by atoms with Gasteiger partial charge in [0.05, 0.1) is 12.2 Å². The zero-order chi connectivity index (χ0) is 15.2. The highest BCUT2D eigenvalue weighted by Gasteiger charge is 2.14. The third-order valence-electron chi connectivity index (χ3n) is 2.81. The maximum Gasteiger partial charge on any atom is 0.338 e. The number of carbonyl (C=O) groups is 2. The van der Waals surface area contributed by atoms with Gasteiger partial charge in [-0.2, -0.15) is 0 Å². The van der Waals surface area contributed by atoms with Crippen LogP contribution >= 0.6 is 0 Å². The fourth-order valence-electron chi connectivity index (χ4n) is 1.80. The first-order valence-electron chi connectivity index (χ1n) is 6.47. The van der Waals surface area contributed by atoms with Crippen molar-refractivity contribution in [3.8, 4) is 0 Å². The van der Waals surface area contributed by atoms with Crippen LogP contribution in [0.5, 0.6) is 0 Å². The number of rotatable bonds is 3. The van der Waals surface area contributed by atoms with Gasteiger partial charge in [-0.3, -0.25) is 10.0 Å². The van der Waals surface area contributed by atoms with Gasteiger partial charge in [0.15, 0.2) is 5.78 Å². The van der Waals surface area contributed by atoms with Crippen molar-refractivity contribution in [1.82, 2.24) is 5.06 Å². The van der Waals surface area contributed by atoms with Crippen LogP contribution in [0.3, 0.4) is 0 Å². The summed E-state index contributed by atoms with van der Waals surface area (Å²) in [6.45, 7) is 1.99. The van der Waals surface area contributed by atoms with Crippen molar-refractivity contribution in [2.75, 3.05) is 6.61 Å². The number of hydrogen-bond donors (Lipinski definition) is 1. The highest BCUT2D eigenvalue weighted by atomic mass is 16.5. The molecule has 0 saturated heterocycles. The smallest absolute Gasteiger partial charge is 0.338 e. The fraction of sp³-hybridized carbons (Fsp3) is 0.125. The van der Waals surface area contributed by atoms with E-state index in [0.29, 0.717) is 11.1 Å². The second-order valence-corrected chi connectivity index (χ2v) is 4.31. The van der Waals surface area contributed by atoms with Gasteiger partial charge in [0.1, 0.15) is 0 Å².